The quantitative estimate of drug-likeness (QED) is 0.731. The number of hydrogen-bond donors (Lipinski definition) is 1. The molecule has 0 saturated carbocycles. The molecule has 3 rings (SSSR count). The molecule has 0 atom stereocenters. The first kappa shape index (κ1) is 12.6. The number of nitrogens with one attached hydrogen (secondary N) is 1. The Morgan fingerprint density at radius 2 is 1.80 bits per heavy atom. The highest BCUT2D eigenvalue weighted by Crippen LogP contribution is 2.27. The first-order valence-corrected chi connectivity index (χ1v) is 6.63. The normalized spacial score (nSPS) is 10.9. The molecule has 0 aliphatic rings. The summed E-state index contributed by atoms with van der Waals surface area (Å²) in [5.41, 5.74) is 6.39. The second kappa shape index (κ2) is 4.60. The van der Waals surface area contributed by atoms with Gasteiger partial charge < -0.3 is 4.98 Å². The maximum absolute atomic E-state index is 11.2. The third kappa shape index (κ3) is 2.01. The number of benzene rings is 1. The van der Waals surface area contributed by atoms with Crippen LogP contribution in [0.5, 0.6) is 0 Å². The van der Waals surface area contributed by atoms with Crippen LogP contribution >= 0.6 is 0 Å². The van der Waals surface area contributed by atoms with Crippen LogP contribution in [0.4, 0.5) is 0 Å². The summed E-state index contributed by atoms with van der Waals surface area (Å²) < 4.78 is 0. The van der Waals surface area contributed by atoms with E-state index in [2.05, 4.69) is 44.0 Å². The van der Waals surface area contributed by atoms with Gasteiger partial charge in [0.05, 0.1) is 11.2 Å². The molecule has 2 aromatic heterocycles. The minimum absolute atomic E-state index is 0.0988. The summed E-state index contributed by atoms with van der Waals surface area (Å²) >= 11 is 0. The van der Waals surface area contributed by atoms with Crippen LogP contribution < -0.4 is 5.56 Å². The third-order valence-electron chi connectivity index (χ3n) is 3.79. The van der Waals surface area contributed by atoms with Crippen LogP contribution in [-0.2, 0) is 0 Å². The molecule has 2 heterocycles. The number of aromatic nitrogens is 2. The van der Waals surface area contributed by atoms with Gasteiger partial charge in [-0.25, -0.2) is 4.98 Å². The Balaban J connectivity index is 2.30. The summed E-state index contributed by atoms with van der Waals surface area (Å²) in [5.74, 6) is 0. The molecule has 0 radical (unpaired) electrons. The smallest absolute Gasteiger partial charge is 0.247 e. The third-order valence-corrected chi connectivity index (χ3v) is 3.79. The molecule has 1 N–H and O–H groups in total. The van der Waals surface area contributed by atoms with Crippen LogP contribution in [0.1, 0.15) is 16.7 Å². The minimum Gasteiger partial charge on any atom is -0.328 e. The van der Waals surface area contributed by atoms with Gasteiger partial charge in [-0.3, -0.25) is 4.79 Å². The van der Waals surface area contributed by atoms with Gasteiger partial charge in [0.15, 0.2) is 0 Å². The zero-order valence-corrected chi connectivity index (χ0v) is 11.8. The van der Waals surface area contributed by atoms with Gasteiger partial charge in [-0.05, 0) is 49.6 Å². The number of aryl methyl sites for hydroxylation is 3. The van der Waals surface area contributed by atoms with E-state index < -0.39 is 0 Å². The molecular formula is C17H16N2O. The number of H-pyrrole nitrogens is 1. The van der Waals surface area contributed by atoms with Gasteiger partial charge in [0.2, 0.25) is 5.56 Å². The highest BCUT2D eigenvalue weighted by Gasteiger charge is 2.08. The standard InChI is InChI=1S/C17H16N2O/c1-10-4-6-14-11(2)8-15(19-17(14)12(10)3)13-5-7-16(20)18-9-13/h4-9H,1-3H3,(H,18,20). The second-order valence-electron chi connectivity index (χ2n) is 5.17. The molecule has 100 valence electrons. The molecule has 1 aromatic carbocycles. The van der Waals surface area contributed by atoms with Crippen LogP contribution in [0.25, 0.3) is 22.2 Å². The number of pyridine rings is 2. The fourth-order valence-electron chi connectivity index (χ4n) is 2.42. The van der Waals surface area contributed by atoms with E-state index in [0.717, 1.165) is 16.8 Å². The molecule has 3 heteroatoms. The Labute approximate surface area is 117 Å². The van der Waals surface area contributed by atoms with E-state index in [1.807, 2.05) is 0 Å². The van der Waals surface area contributed by atoms with Crippen molar-refractivity contribution in [2.75, 3.05) is 0 Å². The first-order valence-electron chi connectivity index (χ1n) is 6.63. The average Bonchev–Trinajstić information content (AvgIpc) is 2.44. The van der Waals surface area contributed by atoms with Crippen LogP contribution in [0, 0.1) is 20.8 Å². The first-order chi connectivity index (χ1) is 9.56. The number of nitrogens with zero attached hydrogens (tertiary/aromatic N) is 1. The van der Waals surface area contributed by atoms with Gasteiger partial charge >= 0.3 is 0 Å². The lowest BCUT2D eigenvalue weighted by molar-refractivity contribution is 1.22. The molecule has 0 aliphatic carbocycles. The van der Waals surface area contributed by atoms with Crippen molar-refractivity contribution in [3.05, 3.63) is 63.6 Å². The van der Waals surface area contributed by atoms with Gasteiger partial charge in [-0.2, -0.15) is 0 Å². The number of aromatic amines is 1. The minimum atomic E-state index is -0.0988. The van der Waals surface area contributed by atoms with Crippen molar-refractivity contribution in [2.24, 2.45) is 0 Å². The SMILES string of the molecule is Cc1ccc2c(C)cc(-c3ccc(=O)[nH]c3)nc2c1C. The van der Waals surface area contributed by atoms with Crippen molar-refractivity contribution in [1.82, 2.24) is 9.97 Å². The molecule has 3 nitrogen and oxygen atoms in total. The summed E-state index contributed by atoms with van der Waals surface area (Å²) in [6, 6.07) is 9.64. The van der Waals surface area contributed by atoms with Gasteiger partial charge in [0, 0.05) is 23.2 Å². The summed E-state index contributed by atoms with van der Waals surface area (Å²) in [6.45, 7) is 6.28. The van der Waals surface area contributed by atoms with Crippen molar-refractivity contribution in [3.8, 4) is 11.3 Å². The topological polar surface area (TPSA) is 45.8 Å². The summed E-state index contributed by atoms with van der Waals surface area (Å²) in [7, 11) is 0. The molecule has 0 amide bonds. The number of fused-ring (bicyclic) bond motifs is 1. The highest BCUT2D eigenvalue weighted by molar-refractivity contribution is 5.88. The average molecular weight is 264 g/mol. The zero-order valence-electron chi connectivity index (χ0n) is 11.8. The van der Waals surface area contributed by atoms with Crippen LogP contribution in [0.3, 0.4) is 0 Å². The largest absolute Gasteiger partial charge is 0.328 e. The fraction of sp³-hybridized carbons (Fsp3) is 0.176. The maximum Gasteiger partial charge on any atom is 0.247 e. The van der Waals surface area contributed by atoms with Crippen molar-refractivity contribution in [3.63, 3.8) is 0 Å². The lowest BCUT2D eigenvalue weighted by Gasteiger charge is -2.10. The van der Waals surface area contributed by atoms with Crippen LogP contribution in [0.15, 0.2) is 41.3 Å². The Morgan fingerprint density at radius 1 is 1.00 bits per heavy atom. The Bertz CT molecular complexity index is 842. The van der Waals surface area contributed by atoms with E-state index >= 15 is 0 Å². The predicted molar refractivity (Wildman–Crippen MR) is 82.0 cm³/mol. The van der Waals surface area contributed by atoms with Gasteiger partial charge in [-0.1, -0.05) is 12.1 Å². The predicted octanol–water partition coefficient (Wildman–Crippen LogP) is 3.52. The van der Waals surface area contributed by atoms with Crippen molar-refractivity contribution in [2.45, 2.75) is 20.8 Å². The van der Waals surface area contributed by atoms with E-state index in [-0.39, 0.29) is 5.56 Å². The molecule has 3 aromatic rings. The van der Waals surface area contributed by atoms with E-state index in [1.165, 1.54) is 28.1 Å². The molecule has 0 unspecified atom stereocenters. The summed E-state index contributed by atoms with van der Waals surface area (Å²) in [5, 5.41) is 1.18. The molecule has 0 aliphatic heterocycles. The summed E-state index contributed by atoms with van der Waals surface area (Å²) in [4.78, 5) is 18.6. The zero-order chi connectivity index (χ0) is 14.3. The molecule has 0 fully saturated rings. The van der Waals surface area contributed by atoms with Crippen LogP contribution in [0.2, 0.25) is 0 Å². The van der Waals surface area contributed by atoms with E-state index in [9.17, 15) is 4.79 Å². The molecule has 0 spiro atoms. The molecular weight excluding hydrogens is 248 g/mol. The monoisotopic (exact) mass is 264 g/mol. The second-order valence-corrected chi connectivity index (χ2v) is 5.17. The number of rotatable bonds is 1. The fourth-order valence-corrected chi connectivity index (χ4v) is 2.42. The van der Waals surface area contributed by atoms with E-state index in [1.54, 1.807) is 12.3 Å². The molecule has 0 bridgehead atoms. The Hall–Kier alpha value is -2.42. The van der Waals surface area contributed by atoms with E-state index in [0.29, 0.717) is 0 Å². The van der Waals surface area contributed by atoms with Crippen molar-refractivity contribution in [1.29, 1.82) is 0 Å². The van der Waals surface area contributed by atoms with Crippen LogP contribution in [-0.4, -0.2) is 9.97 Å². The van der Waals surface area contributed by atoms with Gasteiger partial charge in [-0.15, -0.1) is 0 Å². The Kier molecular flexibility index (Phi) is 2.90. The molecule has 20 heavy (non-hydrogen) atoms. The Morgan fingerprint density at radius 3 is 2.50 bits per heavy atom. The molecule has 0 saturated heterocycles. The van der Waals surface area contributed by atoms with Crippen molar-refractivity contribution >= 4 is 10.9 Å². The number of hydrogen-bond acceptors (Lipinski definition) is 2. The van der Waals surface area contributed by atoms with Crippen molar-refractivity contribution < 1.29 is 0 Å². The lowest BCUT2D eigenvalue weighted by atomic mass is 10.0. The highest BCUT2D eigenvalue weighted by atomic mass is 16.1. The lowest BCUT2D eigenvalue weighted by Crippen LogP contribution is -2.02. The maximum atomic E-state index is 11.2. The van der Waals surface area contributed by atoms with E-state index in [4.69, 9.17) is 4.98 Å². The summed E-state index contributed by atoms with van der Waals surface area (Å²) in [6.07, 6.45) is 1.71. The van der Waals surface area contributed by atoms with Gasteiger partial charge in [0.1, 0.15) is 0 Å². The van der Waals surface area contributed by atoms with Gasteiger partial charge in [0.25, 0.3) is 0 Å².